The SMILES string of the molecule is C.C.CC1(C)OB(c2cccc3cc(C4=CCOCC4)ncc23)OC1(C)C.Clc1cccc2cc(C3=CCOCC3)ncc12. The van der Waals surface area contributed by atoms with Crippen LogP contribution in [0.15, 0.2) is 73.1 Å². The van der Waals surface area contributed by atoms with Crippen molar-refractivity contribution in [3.05, 3.63) is 89.5 Å². The molecule has 0 bridgehead atoms. The summed E-state index contributed by atoms with van der Waals surface area (Å²) in [5.74, 6) is 0. The van der Waals surface area contributed by atoms with Gasteiger partial charge in [-0.05, 0) is 91.5 Å². The molecule has 0 radical (unpaired) electrons. The van der Waals surface area contributed by atoms with Gasteiger partial charge in [-0.25, -0.2) is 0 Å². The molecule has 2 aromatic heterocycles. The molecule has 0 amide bonds. The van der Waals surface area contributed by atoms with E-state index in [-0.39, 0.29) is 33.2 Å². The molecule has 0 unspecified atom stereocenters. The van der Waals surface area contributed by atoms with Crippen molar-refractivity contribution in [1.82, 2.24) is 9.97 Å². The van der Waals surface area contributed by atoms with Gasteiger partial charge >= 0.3 is 7.12 Å². The van der Waals surface area contributed by atoms with Crippen molar-refractivity contribution in [1.29, 1.82) is 0 Å². The van der Waals surface area contributed by atoms with Gasteiger partial charge in [-0.2, -0.15) is 0 Å². The van der Waals surface area contributed by atoms with Crippen LogP contribution in [0, 0.1) is 0 Å². The molecule has 3 aliphatic heterocycles. The Morgan fingerprint density at radius 2 is 1.20 bits per heavy atom. The van der Waals surface area contributed by atoms with Crippen molar-refractivity contribution in [3.8, 4) is 0 Å². The van der Waals surface area contributed by atoms with Crippen LogP contribution in [-0.4, -0.2) is 54.7 Å². The van der Waals surface area contributed by atoms with Crippen LogP contribution in [0.25, 0.3) is 32.7 Å². The smallest absolute Gasteiger partial charge is 0.399 e. The third-order valence-electron chi connectivity index (χ3n) is 8.60. The first-order valence-corrected chi connectivity index (χ1v) is 14.9. The summed E-state index contributed by atoms with van der Waals surface area (Å²) in [6, 6.07) is 16.4. The lowest BCUT2D eigenvalue weighted by atomic mass is 9.76. The summed E-state index contributed by atoms with van der Waals surface area (Å²) in [7, 11) is -0.372. The fourth-order valence-electron chi connectivity index (χ4n) is 5.38. The van der Waals surface area contributed by atoms with E-state index in [2.05, 4.69) is 81.2 Å². The van der Waals surface area contributed by atoms with Crippen LogP contribution in [-0.2, 0) is 18.8 Å². The number of fused-ring (bicyclic) bond motifs is 2. The Morgan fingerprint density at radius 1 is 0.705 bits per heavy atom. The van der Waals surface area contributed by atoms with Crippen molar-refractivity contribution in [3.63, 3.8) is 0 Å². The Balaban J connectivity index is 0.000000205. The van der Waals surface area contributed by atoms with Crippen molar-refractivity contribution in [2.75, 3.05) is 26.4 Å². The second-order valence-electron chi connectivity index (χ2n) is 11.9. The molecular formula is C36H44BClN2O4. The Kier molecular flexibility index (Phi) is 10.7. The highest BCUT2D eigenvalue weighted by molar-refractivity contribution is 6.65. The lowest BCUT2D eigenvalue weighted by molar-refractivity contribution is 0.00578. The largest absolute Gasteiger partial charge is 0.495 e. The number of hydrogen-bond acceptors (Lipinski definition) is 6. The van der Waals surface area contributed by atoms with Gasteiger partial charge in [0.2, 0.25) is 0 Å². The van der Waals surface area contributed by atoms with Crippen molar-refractivity contribution in [2.24, 2.45) is 0 Å². The fourth-order valence-corrected chi connectivity index (χ4v) is 5.61. The number of ether oxygens (including phenoxy) is 2. The van der Waals surface area contributed by atoms with Crippen LogP contribution in [0.1, 0.15) is 66.8 Å². The van der Waals surface area contributed by atoms with Gasteiger partial charge in [0.25, 0.3) is 0 Å². The average Bonchev–Trinajstić information content (AvgIpc) is 3.23. The number of halogens is 1. The molecule has 1 saturated heterocycles. The number of nitrogens with zero attached hydrogens (tertiary/aromatic N) is 2. The first kappa shape index (κ1) is 33.8. The van der Waals surface area contributed by atoms with Gasteiger partial charge in [0.15, 0.2) is 0 Å². The van der Waals surface area contributed by atoms with Crippen LogP contribution in [0.4, 0.5) is 0 Å². The molecule has 0 atom stereocenters. The summed E-state index contributed by atoms with van der Waals surface area (Å²) in [4.78, 5) is 9.18. The molecule has 5 heterocycles. The standard InChI is InChI=1S/C20H24BNO3.C14H12ClNO.2CH4/c1-19(2)20(3,4)25-21(24-19)17-7-5-6-15-12-18(22-13-16(15)17)14-8-10-23-11-9-14;15-13-3-1-2-11-8-14(16-9-12(11)13)10-4-6-17-7-5-10;;/h5-8,12-13H,9-11H2,1-4H3;1-4,8-9H,5-7H2;2*1H4. The van der Waals surface area contributed by atoms with Crippen molar-refractivity contribution < 1.29 is 18.8 Å². The number of aromatic nitrogens is 2. The highest BCUT2D eigenvalue weighted by Crippen LogP contribution is 2.37. The van der Waals surface area contributed by atoms with Gasteiger partial charge in [-0.15, -0.1) is 0 Å². The molecule has 1 fully saturated rings. The number of rotatable bonds is 3. The van der Waals surface area contributed by atoms with Gasteiger partial charge < -0.3 is 18.8 Å². The summed E-state index contributed by atoms with van der Waals surface area (Å²) in [6.07, 6.45) is 9.86. The van der Waals surface area contributed by atoms with E-state index >= 15 is 0 Å². The predicted octanol–water partition coefficient (Wildman–Crippen LogP) is 8.30. The van der Waals surface area contributed by atoms with E-state index in [1.54, 1.807) is 0 Å². The molecule has 8 heteroatoms. The number of pyridine rings is 2. The van der Waals surface area contributed by atoms with E-state index in [0.717, 1.165) is 69.5 Å². The van der Waals surface area contributed by atoms with Gasteiger partial charge in [-0.3, -0.25) is 9.97 Å². The van der Waals surface area contributed by atoms with Crippen LogP contribution in [0.5, 0.6) is 0 Å². The molecule has 3 aliphatic rings. The second kappa shape index (κ2) is 13.9. The maximum Gasteiger partial charge on any atom is 0.495 e. The fraction of sp³-hybridized carbons (Fsp3) is 0.389. The third-order valence-corrected chi connectivity index (χ3v) is 8.93. The minimum Gasteiger partial charge on any atom is -0.399 e. The Hall–Kier alpha value is -3.07. The van der Waals surface area contributed by atoms with Crippen LogP contribution in [0.3, 0.4) is 0 Å². The molecule has 7 rings (SSSR count). The van der Waals surface area contributed by atoms with Crippen LogP contribution >= 0.6 is 11.6 Å². The van der Waals surface area contributed by atoms with Gasteiger partial charge in [0.1, 0.15) is 0 Å². The van der Waals surface area contributed by atoms with Gasteiger partial charge in [0.05, 0.1) is 49.0 Å². The summed E-state index contributed by atoms with van der Waals surface area (Å²) in [5.41, 5.74) is 4.92. The van der Waals surface area contributed by atoms with Gasteiger partial charge in [0, 0.05) is 22.8 Å². The Bertz CT molecular complexity index is 1670. The first-order chi connectivity index (χ1) is 20.2. The van der Waals surface area contributed by atoms with E-state index in [0.29, 0.717) is 13.2 Å². The quantitative estimate of drug-likeness (QED) is 0.216. The molecule has 4 aromatic rings. The molecule has 2 aromatic carbocycles. The molecule has 232 valence electrons. The number of hydrogen-bond donors (Lipinski definition) is 0. The second-order valence-corrected chi connectivity index (χ2v) is 12.3. The minimum absolute atomic E-state index is 0. The molecule has 0 saturated carbocycles. The lowest BCUT2D eigenvalue weighted by Gasteiger charge is -2.32. The molecule has 0 aliphatic carbocycles. The number of benzene rings is 2. The minimum atomic E-state index is -0.372. The zero-order valence-corrected chi connectivity index (χ0v) is 25.4. The highest BCUT2D eigenvalue weighted by atomic mass is 35.5. The van der Waals surface area contributed by atoms with Gasteiger partial charge in [-0.1, -0.05) is 68.9 Å². The molecule has 0 spiro atoms. The van der Waals surface area contributed by atoms with Crippen molar-refractivity contribution in [2.45, 2.75) is 66.6 Å². The van der Waals surface area contributed by atoms with E-state index in [1.807, 2.05) is 24.5 Å². The van der Waals surface area contributed by atoms with Crippen molar-refractivity contribution >= 4 is 56.9 Å². The summed E-state index contributed by atoms with van der Waals surface area (Å²) in [6.45, 7) is 11.2. The maximum atomic E-state index is 6.23. The summed E-state index contributed by atoms with van der Waals surface area (Å²) < 4.78 is 23.2. The maximum absolute atomic E-state index is 6.23. The average molecular weight is 615 g/mol. The highest BCUT2D eigenvalue weighted by Gasteiger charge is 2.52. The zero-order chi connectivity index (χ0) is 29.3. The summed E-state index contributed by atoms with van der Waals surface area (Å²) >= 11 is 6.12. The van der Waals surface area contributed by atoms with Crippen LogP contribution < -0.4 is 5.46 Å². The molecule has 6 nitrogen and oxygen atoms in total. The zero-order valence-electron chi connectivity index (χ0n) is 24.7. The van der Waals surface area contributed by atoms with E-state index in [9.17, 15) is 0 Å². The van der Waals surface area contributed by atoms with E-state index in [1.165, 1.54) is 11.1 Å². The summed E-state index contributed by atoms with van der Waals surface area (Å²) in [5, 5.41) is 5.13. The molecular weight excluding hydrogens is 571 g/mol. The Morgan fingerprint density at radius 3 is 1.73 bits per heavy atom. The molecule has 0 N–H and O–H groups in total. The lowest BCUT2D eigenvalue weighted by Crippen LogP contribution is -2.41. The van der Waals surface area contributed by atoms with Crippen LogP contribution in [0.2, 0.25) is 5.02 Å². The third kappa shape index (κ3) is 6.93. The normalized spacial score (nSPS) is 18.8. The monoisotopic (exact) mass is 614 g/mol. The van der Waals surface area contributed by atoms with E-state index < -0.39 is 0 Å². The predicted molar refractivity (Wildman–Crippen MR) is 184 cm³/mol. The molecule has 44 heavy (non-hydrogen) atoms. The topological polar surface area (TPSA) is 62.7 Å². The van der Waals surface area contributed by atoms with E-state index in [4.69, 9.17) is 35.4 Å². The Labute approximate surface area is 267 Å². The first-order valence-electron chi connectivity index (χ1n) is 14.5.